The second kappa shape index (κ2) is 7.17. The minimum absolute atomic E-state index is 0.567. The van der Waals surface area contributed by atoms with E-state index in [0.717, 1.165) is 25.2 Å². The number of rotatable bonds is 7. The van der Waals surface area contributed by atoms with Crippen LogP contribution in [0.4, 0.5) is 0 Å². The Morgan fingerprint density at radius 1 is 1.35 bits per heavy atom. The zero-order chi connectivity index (χ0) is 12.8. The van der Waals surface area contributed by atoms with E-state index in [1.165, 1.54) is 23.0 Å². The number of nitrogens with zero attached hydrogens (tertiary/aromatic N) is 2. The van der Waals surface area contributed by atoms with E-state index in [2.05, 4.69) is 58.7 Å². The largest absolute Gasteiger partial charge is 0.309 e. The molecule has 0 aliphatic rings. The van der Waals surface area contributed by atoms with E-state index in [0.29, 0.717) is 6.04 Å². The second-order valence-corrected chi connectivity index (χ2v) is 5.24. The summed E-state index contributed by atoms with van der Waals surface area (Å²) in [5.41, 5.74) is 2.43. The zero-order valence-corrected chi connectivity index (χ0v) is 13.0. The Labute approximate surface area is 113 Å². The predicted molar refractivity (Wildman–Crippen MR) is 76.2 cm³/mol. The quantitative estimate of drug-likeness (QED) is 0.835. The van der Waals surface area contributed by atoms with Crippen LogP contribution in [0.2, 0.25) is 0 Å². The minimum atomic E-state index is 0.567. The van der Waals surface area contributed by atoms with Gasteiger partial charge >= 0.3 is 0 Å². The molecule has 0 aromatic carbocycles. The third-order valence-electron chi connectivity index (χ3n) is 3.03. The van der Waals surface area contributed by atoms with Crippen molar-refractivity contribution >= 4 is 15.9 Å². The lowest BCUT2D eigenvalue weighted by Crippen LogP contribution is -2.26. The van der Waals surface area contributed by atoms with E-state index in [4.69, 9.17) is 0 Å². The molecule has 1 aromatic rings. The van der Waals surface area contributed by atoms with Gasteiger partial charge in [-0.15, -0.1) is 0 Å². The summed E-state index contributed by atoms with van der Waals surface area (Å²) in [7, 11) is 0. The molecule has 98 valence electrons. The highest BCUT2D eigenvalue weighted by atomic mass is 79.9. The summed E-state index contributed by atoms with van der Waals surface area (Å²) in [6, 6.07) is 0.567. The molecule has 0 fully saturated rings. The topological polar surface area (TPSA) is 29.9 Å². The van der Waals surface area contributed by atoms with Gasteiger partial charge in [0, 0.05) is 19.1 Å². The van der Waals surface area contributed by atoms with Crippen molar-refractivity contribution in [3.05, 3.63) is 15.9 Å². The monoisotopic (exact) mass is 301 g/mol. The zero-order valence-electron chi connectivity index (χ0n) is 11.4. The van der Waals surface area contributed by atoms with Crippen LogP contribution in [0.25, 0.3) is 0 Å². The minimum Gasteiger partial charge on any atom is -0.309 e. The van der Waals surface area contributed by atoms with Crippen LogP contribution in [0.1, 0.15) is 51.9 Å². The molecule has 17 heavy (non-hydrogen) atoms. The molecule has 0 amide bonds. The molecular formula is C13H24BrN3. The molecule has 0 saturated heterocycles. The SMILES string of the molecule is CCCC(C)NCc1c(Br)c(CC)nn1CC. The Hall–Kier alpha value is -0.350. The number of hydrogen-bond acceptors (Lipinski definition) is 2. The van der Waals surface area contributed by atoms with Crippen LogP contribution in [-0.4, -0.2) is 15.8 Å². The van der Waals surface area contributed by atoms with Gasteiger partial charge in [0.2, 0.25) is 0 Å². The molecule has 1 aromatic heterocycles. The lowest BCUT2D eigenvalue weighted by molar-refractivity contribution is 0.487. The number of aromatic nitrogens is 2. The highest BCUT2D eigenvalue weighted by Gasteiger charge is 2.13. The van der Waals surface area contributed by atoms with Gasteiger partial charge in [-0.05, 0) is 42.6 Å². The molecule has 0 aliphatic heterocycles. The van der Waals surface area contributed by atoms with Gasteiger partial charge in [0.25, 0.3) is 0 Å². The Morgan fingerprint density at radius 3 is 2.59 bits per heavy atom. The highest BCUT2D eigenvalue weighted by Crippen LogP contribution is 2.22. The fourth-order valence-electron chi connectivity index (χ4n) is 1.99. The fourth-order valence-corrected chi connectivity index (χ4v) is 2.70. The number of hydrogen-bond donors (Lipinski definition) is 1. The number of aryl methyl sites for hydroxylation is 2. The summed E-state index contributed by atoms with van der Waals surface area (Å²) >= 11 is 3.67. The van der Waals surface area contributed by atoms with Crippen molar-refractivity contribution < 1.29 is 0 Å². The molecule has 1 heterocycles. The number of nitrogens with one attached hydrogen (secondary N) is 1. The Kier molecular flexibility index (Phi) is 6.20. The van der Waals surface area contributed by atoms with Crippen LogP contribution in [0.5, 0.6) is 0 Å². The molecular weight excluding hydrogens is 278 g/mol. The molecule has 0 radical (unpaired) electrons. The second-order valence-electron chi connectivity index (χ2n) is 4.45. The molecule has 4 heteroatoms. The van der Waals surface area contributed by atoms with E-state index in [1.54, 1.807) is 0 Å². The van der Waals surface area contributed by atoms with Crippen molar-refractivity contribution in [3.63, 3.8) is 0 Å². The van der Waals surface area contributed by atoms with Crippen LogP contribution in [0, 0.1) is 0 Å². The van der Waals surface area contributed by atoms with E-state index in [9.17, 15) is 0 Å². The maximum absolute atomic E-state index is 4.60. The maximum atomic E-state index is 4.60. The molecule has 1 N–H and O–H groups in total. The Bertz CT molecular complexity index is 347. The summed E-state index contributed by atoms with van der Waals surface area (Å²) in [6.45, 7) is 10.6. The van der Waals surface area contributed by atoms with Gasteiger partial charge in [-0.2, -0.15) is 5.10 Å². The Balaban J connectivity index is 2.72. The first-order valence-electron chi connectivity index (χ1n) is 6.61. The summed E-state index contributed by atoms with van der Waals surface area (Å²) in [4.78, 5) is 0. The van der Waals surface area contributed by atoms with Crippen molar-refractivity contribution in [2.24, 2.45) is 0 Å². The van der Waals surface area contributed by atoms with Crippen molar-refractivity contribution in [3.8, 4) is 0 Å². The lowest BCUT2D eigenvalue weighted by Gasteiger charge is -2.13. The van der Waals surface area contributed by atoms with Crippen LogP contribution in [0.3, 0.4) is 0 Å². The van der Waals surface area contributed by atoms with Crippen LogP contribution in [-0.2, 0) is 19.5 Å². The summed E-state index contributed by atoms with van der Waals surface area (Å²) in [6.07, 6.45) is 3.42. The average molecular weight is 302 g/mol. The normalized spacial score (nSPS) is 13.0. The van der Waals surface area contributed by atoms with Crippen molar-refractivity contribution in [1.29, 1.82) is 0 Å². The molecule has 1 rings (SSSR count). The highest BCUT2D eigenvalue weighted by molar-refractivity contribution is 9.10. The summed E-state index contributed by atoms with van der Waals surface area (Å²) in [5, 5.41) is 8.16. The first kappa shape index (κ1) is 14.7. The van der Waals surface area contributed by atoms with Gasteiger partial charge in [0.05, 0.1) is 15.9 Å². The molecule has 0 spiro atoms. The van der Waals surface area contributed by atoms with E-state index in [1.807, 2.05) is 0 Å². The van der Waals surface area contributed by atoms with Gasteiger partial charge < -0.3 is 5.32 Å². The Morgan fingerprint density at radius 2 is 2.06 bits per heavy atom. The molecule has 1 atom stereocenters. The maximum Gasteiger partial charge on any atom is 0.0767 e. The summed E-state index contributed by atoms with van der Waals surface area (Å²) < 4.78 is 3.27. The van der Waals surface area contributed by atoms with Gasteiger partial charge in [0.1, 0.15) is 0 Å². The van der Waals surface area contributed by atoms with Crippen LogP contribution in [0.15, 0.2) is 4.47 Å². The standard InChI is InChI=1S/C13H24BrN3/c1-5-8-10(4)15-9-12-13(14)11(6-2)16-17(12)7-3/h10,15H,5-9H2,1-4H3. The predicted octanol–water partition coefficient (Wildman–Crippen LogP) is 3.51. The van der Waals surface area contributed by atoms with Crippen molar-refractivity contribution in [2.45, 2.75) is 66.1 Å². The average Bonchev–Trinajstić information content (AvgIpc) is 2.63. The molecule has 0 saturated carbocycles. The molecule has 3 nitrogen and oxygen atoms in total. The molecule has 0 bridgehead atoms. The van der Waals surface area contributed by atoms with Crippen molar-refractivity contribution in [2.75, 3.05) is 0 Å². The van der Waals surface area contributed by atoms with Crippen LogP contribution >= 0.6 is 15.9 Å². The molecule has 0 aliphatic carbocycles. The lowest BCUT2D eigenvalue weighted by atomic mass is 10.2. The van der Waals surface area contributed by atoms with Crippen LogP contribution < -0.4 is 5.32 Å². The third-order valence-corrected chi connectivity index (χ3v) is 3.95. The van der Waals surface area contributed by atoms with Gasteiger partial charge in [0.15, 0.2) is 0 Å². The van der Waals surface area contributed by atoms with Gasteiger partial charge in [-0.3, -0.25) is 4.68 Å². The van der Waals surface area contributed by atoms with Crippen molar-refractivity contribution in [1.82, 2.24) is 15.1 Å². The first-order chi connectivity index (χ1) is 8.13. The smallest absolute Gasteiger partial charge is 0.0767 e. The van der Waals surface area contributed by atoms with Gasteiger partial charge in [-0.1, -0.05) is 20.3 Å². The third kappa shape index (κ3) is 3.81. The molecule has 1 unspecified atom stereocenters. The van der Waals surface area contributed by atoms with E-state index in [-0.39, 0.29) is 0 Å². The van der Waals surface area contributed by atoms with E-state index < -0.39 is 0 Å². The first-order valence-corrected chi connectivity index (χ1v) is 7.40. The summed E-state index contributed by atoms with van der Waals surface area (Å²) in [5.74, 6) is 0. The number of halogens is 1. The van der Waals surface area contributed by atoms with E-state index >= 15 is 0 Å². The fraction of sp³-hybridized carbons (Fsp3) is 0.769. The van der Waals surface area contributed by atoms with Gasteiger partial charge in [-0.25, -0.2) is 0 Å².